The van der Waals surface area contributed by atoms with E-state index in [1.807, 2.05) is 32.0 Å². The van der Waals surface area contributed by atoms with Gasteiger partial charge in [0.15, 0.2) is 5.69 Å². The fraction of sp³-hybridized carbons (Fsp3) is 0.182. The van der Waals surface area contributed by atoms with Gasteiger partial charge in [0.2, 0.25) is 0 Å². The lowest BCUT2D eigenvalue weighted by molar-refractivity contribution is 0.101. The van der Waals surface area contributed by atoms with Crippen molar-refractivity contribution in [1.29, 1.82) is 0 Å². The number of nitrogens with zero attached hydrogens (tertiary/aromatic N) is 3. The van der Waals surface area contributed by atoms with Gasteiger partial charge in [-0.05, 0) is 56.2 Å². The Labute approximate surface area is 167 Å². The second kappa shape index (κ2) is 7.01. The minimum atomic E-state index is -0.372. The van der Waals surface area contributed by atoms with Crippen LogP contribution in [-0.4, -0.2) is 20.6 Å². The number of pyridine rings is 2. The van der Waals surface area contributed by atoms with Gasteiger partial charge in [-0.15, -0.1) is 0 Å². The van der Waals surface area contributed by atoms with Crippen LogP contribution in [-0.2, 0) is 7.05 Å². The number of amides is 1. The van der Waals surface area contributed by atoms with Crippen LogP contribution in [0.15, 0.2) is 51.9 Å². The first-order chi connectivity index (χ1) is 13.8. The molecule has 4 aromatic rings. The summed E-state index contributed by atoms with van der Waals surface area (Å²) in [5.74, 6) is 0.186. The zero-order chi connectivity index (χ0) is 20.7. The van der Waals surface area contributed by atoms with Crippen LogP contribution < -0.4 is 10.9 Å². The Kier molecular flexibility index (Phi) is 4.50. The molecule has 0 atom stereocenters. The van der Waals surface area contributed by atoms with Gasteiger partial charge in [-0.2, -0.15) is 0 Å². The van der Waals surface area contributed by atoms with Gasteiger partial charge in [-0.25, -0.2) is 0 Å². The summed E-state index contributed by atoms with van der Waals surface area (Å²) in [4.78, 5) is 29.8. The Morgan fingerprint density at radius 3 is 2.59 bits per heavy atom. The zero-order valence-corrected chi connectivity index (χ0v) is 16.6. The molecule has 4 rings (SSSR count). The SMILES string of the molecule is Cc1cc2c(cn1)cc(-c1cc(NC(=O)c3cc(C)on3)ccc1C)c(=O)n2C. The quantitative estimate of drug-likeness (QED) is 0.577. The minimum Gasteiger partial charge on any atom is -0.361 e. The number of anilines is 1. The van der Waals surface area contributed by atoms with Crippen molar-refractivity contribution >= 4 is 22.5 Å². The summed E-state index contributed by atoms with van der Waals surface area (Å²) in [5.41, 5.74) is 4.57. The van der Waals surface area contributed by atoms with Gasteiger partial charge in [0, 0.05) is 41.6 Å². The summed E-state index contributed by atoms with van der Waals surface area (Å²) in [6.45, 7) is 5.54. The predicted octanol–water partition coefficient (Wildman–Crippen LogP) is 3.77. The second-order valence-electron chi connectivity index (χ2n) is 7.11. The van der Waals surface area contributed by atoms with E-state index in [1.165, 1.54) is 0 Å². The molecule has 0 unspecified atom stereocenters. The molecule has 7 heteroatoms. The molecule has 3 heterocycles. The number of hydrogen-bond donors (Lipinski definition) is 1. The van der Waals surface area contributed by atoms with E-state index in [1.54, 1.807) is 42.9 Å². The molecular weight excluding hydrogens is 368 g/mol. The van der Waals surface area contributed by atoms with Crippen LogP contribution >= 0.6 is 0 Å². The van der Waals surface area contributed by atoms with Crippen LogP contribution in [0.2, 0.25) is 0 Å². The number of aromatic nitrogens is 3. The molecule has 3 aromatic heterocycles. The third-order valence-corrected chi connectivity index (χ3v) is 4.89. The van der Waals surface area contributed by atoms with Crippen LogP contribution in [0.4, 0.5) is 5.69 Å². The Hall–Kier alpha value is -3.74. The van der Waals surface area contributed by atoms with Crippen molar-refractivity contribution in [1.82, 2.24) is 14.7 Å². The number of fused-ring (bicyclic) bond motifs is 1. The van der Waals surface area contributed by atoms with Crippen molar-refractivity contribution in [3.8, 4) is 11.1 Å². The van der Waals surface area contributed by atoms with Gasteiger partial charge in [0.1, 0.15) is 5.76 Å². The number of carbonyl (C=O) groups excluding carboxylic acids is 1. The van der Waals surface area contributed by atoms with Crippen LogP contribution in [0.5, 0.6) is 0 Å². The van der Waals surface area contributed by atoms with E-state index in [0.717, 1.165) is 27.7 Å². The van der Waals surface area contributed by atoms with Gasteiger partial charge in [-0.1, -0.05) is 11.2 Å². The highest BCUT2D eigenvalue weighted by Gasteiger charge is 2.15. The average Bonchev–Trinajstić information content (AvgIpc) is 3.13. The standard InChI is InChI=1S/C22H20N4O3/c1-12-5-6-16(24-21(27)19-8-14(3)29-25-19)10-17(12)18-9-15-11-23-13(2)7-20(15)26(4)22(18)28/h5-11H,1-4H3,(H,24,27). The average molecular weight is 388 g/mol. The normalized spacial score (nSPS) is 11.0. The number of rotatable bonds is 3. The summed E-state index contributed by atoms with van der Waals surface area (Å²) >= 11 is 0. The first-order valence-corrected chi connectivity index (χ1v) is 9.15. The van der Waals surface area contributed by atoms with E-state index in [2.05, 4.69) is 15.5 Å². The molecule has 0 radical (unpaired) electrons. The van der Waals surface area contributed by atoms with E-state index >= 15 is 0 Å². The summed E-state index contributed by atoms with van der Waals surface area (Å²) in [6, 6.07) is 10.8. The second-order valence-corrected chi connectivity index (χ2v) is 7.11. The van der Waals surface area contributed by atoms with Crippen LogP contribution in [0, 0.1) is 20.8 Å². The first kappa shape index (κ1) is 18.6. The van der Waals surface area contributed by atoms with E-state index in [9.17, 15) is 9.59 Å². The summed E-state index contributed by atoms with van der Waals surface area (Å²) < 4.78 is 6.58. The predicted molar refractivity (Wildman–Crippen MR) is 111 cm³/mol. The highest BCUT2D eigenvalue weighted by atomic mass is 16.5. The van der Waals surface area contributed by atoms with Crippen molar-refractivity contribution in [3.63, 3.8) is 0 Å². The number of carbonyl (C=O) groups is 1. The molecule has 0 aliphatic carbocycles. The zero-order valence-electron chi connectivity index (χ0n) is 16.6. The molecule has 29 heavy (non-hydrogen) atoms. The largest absolute Gasteiger partial charge is 0.361 e. The lowest BCUT2D eigenvalue weighted by atomic mass is 9.99. The summed E-state index contributed by atoms with van der Waals surface area (Å²) in [7, 11) is 1.75. The molecule has 7 nitrogen and oxygen atoms in total. The maximum atomic E-state index is 13.0. The fourth-order valence-corrected chi connectivity index (χ4v) is 3.32. The molecule has 0 bridgehead atoms. The molecule has 0 spiro atoms. The molecule has 0 fully saturated rings. The van der Waals surface area contributed by atoms with Gasteiger partial charge in [0.05, 0.1) is 5.52 Å². The monoisotopic (exact) mass is 388 g/mol. The third kappa shape index (κ3) is 3.42. The highest BCUT2D eigenvalue weighted by Crippen LogP contribution is 2.27. The molecule has 0 aliphatic rings. The Morgan fingerprint density at radius 2 is 1.86 bits per heavy atom. The van der Waals surface area contributed by atoms with Crippen LogP contribution in [0.3, 0.4) is 0 Å². The van der Waals surface area contributed by atoms with Crippen LogP contribution in [0.1, 0.15) is 27.5 Å². The van der Waals surface area contributed by atoms with Crippen molar-refractivity contribution in [3.05, 3.63) is 75.7 Å². The number of nitrogens with one attached hydrogen (secondary N) is 1. The highest BCUT2D eigenvalue weighted by molar-refractivity contribution is 6.03. The molecule has 146 valence electrons. The lowest BCUT2D eigenvalue weighted by Crippen LogP contribution is -2.19. The molecule has 1 N–H and O–H groups in total. The van der Waals surface area contributed by atoms with E-state index in [-0.39, 0.29) is 17.2 Å². The van der Waals surface area contributed by atoms with Gasteiger partial charge in [0.25, 0.3) is 11.5 Å². The van der Waals surface area contributed by atoms with Gasteiger partial charge in [-0.3, -0.25) is 14.6 Å². The molecular formula is C22H20N4O3. The smallest absolute Gasteiger partial charge is 0.277 e. The number of aryl methyl sites for hydroxylation is 4. The molecule has 0 saturated heterocycles. The molecule has 1 aromatic carbocycles. The van der Waals surface area contributed by atoms with Crippen molar-refractivity contribution in [2.75, 3.05) is 5.32 Å². The Morgan fingerprint density at radius 1 is 1.07 bits per heavy atom. The topological polar surface area (TPSA) is 90.0 Å². The van der Waals surface area contributed by atoms with Gasteiger partial charge < -0.3 is 14.4 Å². The van der Waals surface area contributed by atoms with E-state index in [0.29, 0.717) is 17.0 Å². The lowest BCUT2D eigenvalue weighted by Gasteiger charge is -2.13. The first-order valence-electron chi connectivity index (χ1n) is 9.15. The Bertz CT molecular complexity index is 1320. The maximum absolute atomic E-state index is 13.0. The number of hydrogen-bond acceptors (Lipinski definition) is 5. The van der Waals surface area contributed by atoms with Crippen molar-refractivity contribution in [2.24, 2.45) is 7.05 Å². The van der Waals surface area contributed by atoms with Crippen LogP contribution in [0.25, 0.3) is 22.0 Å². The maximum Gasteiger partial charge on any atom is 0.277 e. The van der Waals surface area contributed by atoms with Gasteiger partial charge >= 0.3 is 0 Å². The van der Waals surface area contributed by atoms with E-state index < -0.39 is 0 Å². The Balaban J connectivity index is 1.78. The fourth-order valence-electron chi connectivity index (χ4n) is 3.32. The summed E-state index contributed by atoms with van der Waals surface area (Å²) in [5, 5.41) is 7.41. The molecule has 1 amide bonds. The molecule has 0 aliphatic heterocycles. The minimum absolute atomic E-state index is 0.109. The van der Waals surface area contributed by atoms with E-state index in [4.69, 9.17) is 4.52 Å². The molecule has 0 saturated carbocycles. The van der Waals surface area contributed by atoms with Crippen molar-refractivity contribution in [2.45, 2.75) is 20.8 Å². The van der Waals surface area contributed by atoms with Crippen molar-refractivity contribution < 1.29 is 9.32 Å². The summed E-state index contributed by atoms with van der Waals surface area (Å²) in [6.07, 6.45) is 1.77. The number of benzene rings is 1. The third-order valence-electron chi connectivity index (χ3n) is 4.89.